The second-order valence-corrected chi connectivity index (χ2v) is 3.67. The van der Waals surface area contributed by atoms with Crippen molar-refractivity contribution in [1.82, 2.24) is 20.2 Å². The Kier molecular flexibility index (Phi) is 2.45. The first kappa shape index (κ1) is 10.4. The molecule has 0 bridgehead atoms. The molecule has 0 spiro atoms. The summed E-state index contributed by atoms with van der Waals surface area (Å²) in [5, 5.41) is 9.86. The molecule has 1 amide bonds. The number of hydrogen-bond acceptors (Lipinski definition) is 4. The number of para-hydroxylation sites is 1. The highest BCUT2D eigenvalue weighted by Crippen LogP contribution is 2.20. The summed E-state index contributed by atoms with van der Waals surface area (Å²) in [6, 6.07) is 9.38. The summed E-state index contributed by atoms with van der Waals surface area (Å²) >= 11 is 0. The number of fused-ring (bicyclic) bond motifs is 1. The second-order valence-electron chi connectivity index (χ2n) is 3.67. The first-order valence-corrected chi connectivity index (χ1v) is 5.35. The molecule has 3 rings (SSSR count). The first-order chi connectivity index (χ1) is 8.84. The van der Waals surface area contributed by atoms with Crippen molar-refractivity contribution in [3.63, 3.8) is 0 Å². The van der Waals surface area contributed by atoms with Crippen molar-refractivity contribution in [3.8, 4) is 0 Å². The van der Waals surface area contributed by atoms with Crippen LogP contribution in [0.4, 0.5) is 5.69 Å². The number of pyridine rings is 1. The third kappa shape index (κ3) is 1.80. The molecule has 88 valence electrons. The fourth-order valence-electron chi connectivity index (χ4n) is 1.70. The van der Waals surface area contributed by atoms with Gasteiger partial charge in [0.05, 0.1) is 11.2 Å². The van der Waals surface area contributed by atoms with Gasteiger partial charge in [-0.25, -0.2) is 4.98 Å². The minimum atomic E-state index is -0.342. The maximum absolute atomic E-state index is 11.8. The van der Waals surface area contributed by atoms with Crippen LogP contribution in [0.1, 0.15) is 10.6 Å². The van der Waals surface area contributed by atoms with Crippen LogP contribution in [0.3, 0.4) is 0 Å². The van der Waals surface area contributed by atoms with E-state index in [9.17, 15) is 4.79 Å². The molecule has 0 unspecified atom stereocenters. The summed E-state index contributed by atoms with van der Waals surface area (Å²) in [5.74, 6) is -0.173. The number of nitrogens with one attached hydrogen (secondary N) is 2. The number of amides is 1. The van der Waals surface area contributed by atoms with Gasteiger partial charge in [-0.15, -0.1) is 0 Å². The van der Waals surface area contributed by atoms with E-state index < -0.39 is 0 Å². The van der Waals surface area contributed by atoms with E-state index in [0.717, 1.165) is 10.9 Å². The first-order valence-electron chi connectivity index (χ1n) is 5.35. The number of rotatable bonds is 2. The average Bonchev–Trinajstić information content (AvgIpc) is 2.93. The van der Waals surface area contributed by atoms with Crippen LogP contribution >= 0.6 is 0 Å². The Morgan fingerprint density at radius 3 is 2.89 bits per heavy atom. The van der Waals surface area contributed by atoms with Gasteiger partial charge in [0.1, 0.15) is 6.33 Å². The van der Waals surface area contributed by atoms with Gasteiger partial charge >= 0.3 is 0 Å². The van der Waals surface area contributed by atoms with Crippen molar-refractivity contribution in [3.05, 3.63) is 48.7 Å². The molecule has 0 saturated carbocycles. The number of aromatic amines is 1. The summed E-state index contributed by atoms with van der Waals surface area (Å²) < 4.78 is 0. The van der Waals surface area contributed by atoms with Crippen LogP contribution in [-0.4, -0.2) is 26.1 Å². The summed E-state index contributed by atoms with van der Waals surface area (Å²) in [5.41, 5.74) is 1.39. The molecule has 6 nitrogen and oxygen atoms in total. The molecule has 0 radical (unpaired) electrons. The van der Waals surface area contributed by atoms with Crippen molar-refractivity contribution in [1.29, 1.82) is 0 Å². The number of carbonyl (C=O) groups excluding carboxylic acids is 1. The van der Waals surface area contributed by atoms with Crippen LogP contribution in [0.15, 0.2) is 42.9 Å². The highest BCUT2D eigenvalue weighted by Gasteiger charge is 2.10. The Labute approximate surface area is 102 Å². The van der Waals surface area contributed by atoms with Gasteiger partial charge in [-0.1, -0.05) is 18.2 Å². The Morgan fingerprint density at radius 2 is 2.06 bits per heavy atom. The van der Waals surface area contributed by atoms with Crippen molar-refractivity contribution in [2.75, 3.05) is 5.32 Å². The molecular formula is C12H9N5O. The van der Waals surface area contributed by atoms with E-state index in [1.165, 1.54) is 6.33 Å². The Bertz CT molecular complexity index is 687. The smallest absolute Gasteiger partial charge is 0.293 e. The monoisotopic (exact) mass is 239 g/mol. The van der Waals surface area contributed by atoms with Crippen molar-refractivity contribution in [2.45, 2.75) is 0 Å². The highest BCUT2D eigenvalue weighted by molar-refractivity contribution is 6.06. The third-order valence-corrected chi connectivity index (χ3v) is 2.51. The Hall–Kier alpha value is -2.76. The predicted molar refractivity (Wildman–Crippen MR) is 66.1 cm³/mol. The van der Waals surface area contributed by atoms with Gasteiger partial charge in [-0.05, 0) is 12.1 Å². The molecule has 18 heavy (non-hydrogen) atoms. The minimum Gasteiger partial charge on any atom is -0.317 e. The van der Waals surface area contributed by atoms with Gasteiger partial charge in [0.25, 0.3) is 5.91 Å². The average molecular weight is 239 g/mol. The highest BCUT2D eigenvalue weighted by atomic mass is 16.2. The fourth-order valence-corrected chi connectivity index (χ4v) is 1.70. The molecular weight excluding hydrogens is 230 g/mol. The van der Waals surface area contributed by atoms with Gasteiger partial charge in [-0.2, -0.15) is 5.10 Å². The van der Waals surface area contributed by atoms with Crippen LogP contribution < -0.4 is 5.32 Å². The summed E-state index contributed by atoms with van der Waals surface area (Å²) in [6.07, 6.45) is 2.97. The number of aromatic nitrogens is 4. The maximum atomic E-state index is 11.8. The van der Waals surface area contributed by atoms with E-state index in [1.807, 2.05) is 24.3 Å². The lowest BCUT2D eigenvalue weighted by Crippen LogP contribution is -2.14. The van der Waals surface area contributed by atoms with Gasteiger partial charge in [0.2, 0.25) is 5.82 Å². The standard InChI is InChI=1S/C12H9N5O/c18-12(11-14-7-15-17-11)16-9-5-1-3-8-4-2-6-13-10(8)9/h1-7H,(H,16,18)(H,14,15,17). The van der Waals surface area contributed by atoms with Crippen LogP contribution in [-0.2, 0) is 0 Å². The number of benzene rings is 1. The largest absolute Gasteiger partial charge is 0.317 e. The van der Waals surface area contributed by atoms with Crippen molar-refractivity contribution < 1.29 is 4.79 Å². The fraction of sp³-hybridized carbons (Fsp3) is 0. The lowest BCUT2D eigenvalue weighted by molar-refractivity contribution is 0.101. The number of nitrogens with zero attached hydrogens (tertiary/aromatic N) is 3. The summed E-state index contributed by atoms with van der Waals surface area (Å²) in [4.78, 5) is 19.9. The molecule has 0 atom stereocenters. The van der Waals surface area contributed by atoms with Gasteiger partial charge in [0, 0.05) is 11.6 Å². The molecule has 0 aliphatic carbocycles. The lowest BCUT2D eigenvalue weighted by atomic mass is 10.2. The van der Waals surface area contributed by atoms with Crippen LogP contribution in [0.2, 0.25) is 0 Å². The van der Waals surface area contributed by atoms with Gasteiger partial charge in [0.15, 0.2) is 0 Å². The molecule has 0 saturated heterocycles. The second kappa shape index (κ2) is 4.25. The van der Waals surface area contributed by atoms with E-state index in [4.69, 9.17) is 0 Å². The predicted octanol–water partition coefficient (Wildman–Crippen LogP) is 1.61. The topological polar surface area (TPSA) is 83.6 Å². The van der Waals surface area contributed by atoms with Crippen LogP contribution in [0.5, 0.6) is 0 Å². The molecule has 0 aliphatic heterocycles. The normalized spacial score (nSPS) is 10.4. The Balaban J connectivity index is 1.98. The van der Waals surface area contributed by atoms with E-state index in [0.29, 0.717) is 5.69 Å². The van der Waals surface area contributed by atoms with E-state index >= 15 is 0 Å². The molecule has 0 fully saturated rings. The SMILES string of the molecule is O=C(Nc1cccc2cccnc12)c1ncn[nH]1. The van der Waals surface area contributed by atoms with Gasteiger partial charge < -0.3 is 5.32 Å². The zero-order valence-electron chi connectivity index (χ0n) is 9.29. The maximum Gasteiger partial charge on any atom is 0.293 e. The number of hydrogen-bond donors (Lipinski definition) is 2. The van der Waals surface area contributed by atoms with Crippen LogP contribution in [0, 0.1) is 0 Å². The molecule has 2 N–H and O–H groups in total. The Morgan fingerprint density at radius 1 is 1.17 bits per heavy atom. The van der Waals surface area contributed by atoms with Crippen molar-refractivity contribution >= 4 is 22.5 Å². The molecule has 2 heterocycles. The zero-order valence-corrected chi connectivity index (χ0v) is 9.29. The third-order valence-electron chi connectivity index (χ3n) is 2.51. The van der Waals surface area contributed by atoms with Crippen LogP contribution in [0.25, 0.3) is 10.9 Å². The van der Waals surface area contributed by atoms with E-state index in [-0.39, 0.29) is 11.7 Å². The summed E-state index contributed by atoms with van der Waals surface area (Å²) in [7, 11) is 0. The number of H-pyrrole nitrogens is 1. The van der Waals surface area contributed by atoms with E-state index in [1.54, 1.807) is 12.3 Å². The van der Waals surface area contributed by atoms with Gasteiger partial charge in [-0.3, -0.25) is 14.9 Å². The molecule has 0 aliphatic rings. The van der Waals surface area contributed by atoms with Crippen molar-refractivity contribution in [2.24, 2.45) is 0 Å². The quantitative estimate of drug-likeness (QED) is 0.711. The minimum absolute atomic E-state index is 0.169. The van der Waals surface area contributed by atoms with E-state index in [2.05, 4.69) is 25.5 Å². The molecule has 2 aromatic heterocycles. The number of anilines is 1. The molecule has 1 aromatic carbocycles. The molecule has 3 aromatic rings. The number of carbonyl (C=O) groups is 1. The lowest BCUT2D eigenvalue weighted by Gasteiger charge is -2.05. The molecule has 6 heteroatoms. The summed E-state index contributed by atoms with van der Waals surface area (Å²) in [6.45, 7) is 0. The zero-order chi connectivity index (χ0) is 12.4.